The van der Waals surface area contributed by atoms with Crippen molar-refractivity contribution in [3.8, 4) is 0 Å². The van der Waals surface area contributed by atoms with E-state index in [1.165, 1.54) is 0 Å². The molecule has 5 nitrogen and oxygen atoms in total. The SMILES string of the molecule is CCOC(=O)c1cnn([C@H]2CC[C@@H](O)CC2)c1. The summed E-state index contributed by atoms with van der Waals surface area (Å²) in [5.41, 5.74) is 0.498. The quantitative estimate of drug-likeness (QED) is 0.811. The normalized spacial score (nSPS) is 24.6. The van der Waals surface area contributed by atoms with Crippen molar-refractivity contribution in [2.24, 2.45) is 0 Å². The molecule has 0 bridgehead atoms. The Bertz CT molecular complexity index is 381. The molecule has 0 radical (unpaired) electrons. The molecule has 1 aliphatic carbocycles. The zero-order chi connectivity index (χ0) is 12.3. The monoisotopic (exact) mass is 238 g/mol. The largest absolute Gasteiger partial charge is 0.462 e. The minimum atomic E-state index is -0.324. The standard InChI is InChI=1S/C12H18N2O3/c1-2-17-12(16)9-7-13-14(8-9)10-3-5-11(15)6-4-10/h7-8,10-11,15H,2-6H2,1H3/t10-,11+. The molecule has 0 atom stereocenters. The number of carbonyl (C=O) groups is 1. The van der Waals surface area contributed by atoms with Crippen LogP contribution >= 0.6 is 0 Å². The van der Waals surface area contributed by atoms with Gasteiger partial charge in [0.1, 0.15) is 0 Å². The predicted molar refractivity (Wildman–Crippen MR) is 61.7 cm³/mol. The molecule has 1 aromatic rings. The van der Waals surface area contributed by atoms with Crippen molar-refractivity contribution in [3.05, 3.63) is 18.0 Å². The van der Waals surface area contributed by atoms with Gasteiger partial charge < -0.3 is 9.84 Å². The van der Waals surface area contributed by atoms with E-state index in [2.05, 4.69) is 5.10 Å². The van der Waals surface area contributed by atoms with Crippen LogP contribution in [0.15, 0.2) is 12.4 Å². The van der Waals surface area contributed by atoms with Crippen LogP contribution in [0, 0.1) is 0 Å². The molecule has 1 heterocycles. The number of rotatable bonds is 3. The number of esters is 1. The first kappa shape index (κ1) is 12.1. The minimum Gasteiger partial charge on any atom is -0.462 e. The highest BCUT2D eigenvalue weighted by atomic mass is 16.5. The van der Waals surface area contributed by atoms with Gasteiger partial charge in [0.25, 0.3) is 0 Å². The number of carbonyl (C=O) groups excluding carboxylic acids is 1. The first-order valence-corrected chi connectivity index (χ1v) is 6.10. The molecule has 0 amide bonds. The van der Waals surface area contributed by atoms with E-state index < -0.39 is 0 Å². The molecule has 1 N–H and O–H groups in total. The Morgan fingerprint density at radius 1 is 1.53 bits per heavy atom. The number of aliphatic hydroxyl groups excluding tert-OH is 1. The molecule has 2 rings (SSSR count). The third kappa shape index (κ3) is 2.85. The van der Waals surface area contributed by atoms with Crippen LogP contribution in [0.5, 0.6) is 0 Å². The Kier molecular flexibility index (Phi) is 3.78. The van der Waals surface area contributed by atoms with Crippen LogP contribution in [-0.4, -0.2) is 33.6 Å². The Labute approximate surface area is 100 Å². The molecular formula is C12H18N2O3. The average molecular weight is 238 g/mol. The lowest BCUT2D eigenvalue weighted by Crippen LogP contribution is -2.21. The zero-order valence-electron chi connectivity index (χ0n) is 10.0. The molecule has 1 aromatic heterocycles. The second-order valence-corrected chi connectivity index (χ2v) is 4.39. The topological polar surface area (TPSA) is 64.3 Å². The molecule has 94 valence electrons. The summed E-state index contributed by atoms with van der Waals surface area (Å²) in [6, 6.07) is 0.293. The van der Waals surface area contributed by atoms with Crippen LogP contribution < -0.4 is 0 Å². The van der Waals surface area contributed by atoms with Gasteiger partial charge in [-0.3, -0.25) is 4.68 Å². The molecule has 1 fully saturated rings. The highest BCUT2D eigenvalue weighted by Gasteiger charge is 2.22. The van der Waals surface area contributed by atoms with Gasteiger partial charge in [0.15, 0.2) is 0 Å². The van der Waals surface area contributed by atoms with E-state index in [0.717, 1.165) is 25.7 Å². The maximum Gasteiger partial charge on any atom is 0.341 e. The van der Waals surface area contributed by atoms with Crippen LogP contribution in [0.25, 0.3) is 0 Å². The van der Waals surface area contributed by atoms with Crippen LogP contribution in [-0.2, 0) is 4.74 Å². The van der Waals surface area contributed by atoms with Crippen LogP contribution in [0.1, 0.15) is 49.0 Å². The van der Waals surface area contributed by atoms with Gasteiger partial charge in [-0.05, 0) is 32.6 Å². The van der Waals surface area contributed by atoms with Crippen molar-refractivity contribution in [2.75, 3.05) is 6.61 Å². The Hall–Kier alpha value is -1.36. The smallest absolute Gasteiger partial charge is 0.341 e. The van der Waals surface area contributed by atoms with E-state index in [9.17, 15) is 9.90 Å². The molecule has 1 aliphatic rings. The van der Waals surface area contributed by atoms with Crippen molar-refractivity contribution in [3.63, 3.8) is 0 Å². The van der Waals surface area contributed by atoms with Gasteiger partial charge in [-0.1, -0.05) is 0 Å². The fourth-order valence-corrected chi connectivity index (χ4v) is 2.18. The fraction of sp³-hybridized carbons (Fsp3) is 0.667. The summed E-state index contributed by atoms with van der Waals surface area (Å²) >= 11 is 0. The second kappa shape index (κ2) is 5.31. The first-order valence-electron chi connectivity index (χ1n) is 6.10. The Morgan fingerprint density at radius 2 is 2.24 bits per heavy atom. The van der Waals surface area contributed by atoms with Crippen LogP contribution in [0.3, 0.4) is 0 Å². The summed E-state index contributed by atoms with van der Waals surface area (Å²) in [6.07, 6.45) is 6.53. The molecule has 0 aliphatic heterocycles. The second-order valence-electron chi connectivity index (χ2n) is 4.39. The van der Waals surface area contributed by atoms with E-state index >= 15 is 0 Å². The van der Waals surface area contributed by atoms with E-state index in [1.54, 1.807) is 19.3 Å². The molecule has 0 spiro atoms. The number of aliphatic hydroxyl groups is 1. The molecule has 0 unspecified atom stereocenters. The lowest BCUT2D eigenvalue weighted by Gasteiger charge is -2.25. The maximum atomic E-state index is 11.5. The highest BCUT2D eigenvalue weighted by Crippen LogP contribution is 2.27. The summed E-state index contributed by atoms with van der Waals surface area (Å²) in [6.45, 7) is 2.16. The molecular weight excluding hydrogens is 220 g/mol. The highest BCUT2D eigenvalue weighted by molar-refractivity contribution is 5.88. The summed E-state index contributed by atoms with van der Waals surface area (Å²) in [7, 11) is 0. The van der Waals surface area contributed by atoms with Gasteiger partial charge in [-0.15, -0.1) is 0 Å². The lowest BCUT2D eigenvalue weighted by atomic mass is 9.93. The maximum absolute atomic E-state index is 11.5. The number of hydrogen-bond acceptors (Lipinski definition) is 4. The van der Waals surface area contributed by atoms with Crippen molar-refractivity contribution in [1.82, 2.24) is 9.78 Å². The molecule has 5 heteroatoms. The summed E-state index contributed by atoms with van der Waals surface area (Å²) in [4.78, 5) is 11.5. The predicted octanol–water partition coefficient (Wildman–Crippen LogP) is 1.54. The number of nitrogens with zero attached hydrogens (tertiary/aromatic N) is 2. The van der Waals surface area contributed by atoms with Gasteiger partial charge in [-0.25, -0.2) is 4.79 Å². The number of ether oxygens (including phenoxy) is 1. The molecule has 0 saturated heterocycles. The van der Waals surface area contributed by atoms with E-state index in [0.29, 0.717) is 18.2 Å². The van der Waals surface area contributed by atoms with Crippen LogP contribution in [0.4, 0.5) is 0 Å². The van der Waals surface area contributed by atoms with E-state index in [4.69, 9.17) is 4.74 Å². The van der Waals surface area contributed by atoms with Crippen molar-refractivity contribution < 1.29 is 14.6 Å². The van der Waals surface area contributed by atoms with Crippen LogP contribution in [0.2, 0.25) is 0 Å². The lowest BCUT2D eigenvalue weighted by molar-refractivity contribution is 0.0525. The Morgan fingerprint density at radius 3 is 2.88 bits per heavy atom. The van der Waals surface area contributed by atoms with Crippen molar-refractivity contribution in [2.45, 2.75) is 44.8 Å². The summed E-state index contributed by atoms with van der Waals surface area (Å²) in [5.74, 6) is -0.324. The van der Waals surface area contributed by atoms with Gasteiger partial charge in [0.2, 0.25) is 0 Å². The Balaban J connectivity index is 2.00. The van der Waals surface area contributed by atoms with Gasteiger partial charge in [0.05, 0.1) is 30.5 Å². The molecule has 17 heavy (non-hydrogen) atoms. The fourth-order valence-electron chi connectivity index (χ4n) is 2.18. The van der Waals surface area contributed by atoms with E-state index in [1.807, 2.05) is 4.68 Å². The third-order valence-corrected chi connectivity index (χ3v) is 3.15. The molecule has 1 saturated carbocycles. The third-order valence-electron chi connectivity index (χ3n) is 3.15. The van der Waals surface area contributed by atoms with Gasteiger partial charge >= 0.3 is 5.97 Å². The first-order chi connectivity index (χ1) is 8.20. The van der Waals surface area contributed by atoms with Crippen molar-refractivity contribution >= 4 is 5.97 Å². The van der Waals surface area contributed by atoms with Gasteiger partial charge in [0, 0.05) is 6.20 Å². The van der Waals surface area contributed by atoms with Gasteiger partial charge in [-0.2, -0.15) is 5.10 Å². The summed E-state index contributed by atoms with van der Waals surface area (Å²) < 4.78 is 6.73. The zero-order valence-corrected chi connectivity index (χ0v) is 10.0. The summed E-state index contributed by atoms with van der Waals surface area (Å²) in [5, 5.41) is 13.6. The average Bonchev–Trinajstić information content (AvgIpc) is 2.80. The number of aromatic nitrogens is 2. The molecule has 0 aromatic carbocycles. The number of hydrogen-bond donors (Lipinski definition) is 1. The van der Waals surface area contributed by atoms with E-state index in [-0.39, 0.29) is 12.1 Å². The van der Waals surface area contributed by atoms with Crippen molar-refractivity contribution in [1.29, 1.82) is 0 Å². The minimum absolute atomic E-state index is 0.175.